The molecule has 2 aliphatic rings. The van der Waals surface area contributed by atoms with Gasteiger partial charge in [0.15, 0.2) is 0 Å². The Morgan fingerprint density at radius 2 is 2.00 bits per heavy atom. The second-order valence-corrected chi connectivity index (χ2v) is 6.63. The summed E-state index contributed by atoms with van der Waals surface area (Å²) in [5.74, 6) is 1.42. The van der Waals surface area contributed by atoms with Gasteiger partial charge >= 0.3 is 0 Å². The number of aliphatic hydroxyl groups is 1. The van der Waals surface area contributed by atoms with E-state index in [4.69, 9.17) is 0 Å². The molecule has 0 aromatic carbocycles. The van der Waals surface area contributed by atoms with Crippen LogP contribution in [-0.4, -0.2) is 35.2 Å². The molecule has 1 aliphatic carbocycles. The molecule has 4 unspecified atom stereocenters. The molecule has 0 spiro atoms. The number of piperidine rings is 1. The van der Waals surface area contributed by atoms with Gasteiger partial charge in [-0.15, -0.1) is 0 Å². The number of nitrogens with zero attached hydrogens (tertiary/aromatic N) is 1. The van der Waals surface area contributed by atoms with Crippen molar-refractivity contribution < 1.29 is 5.11 Å². The number of likely N-dealkylation sites (tertiary alicyclic amines) is 1. The summed E-state index contributed by atoms with van der Waals surface area (Å²) < 4.78 is 0. The minimum Gasteiger partial charge on any atom is -0.393 e. The van der Waals surface area contributed by atoms with E-state index in [1.807, 2.05) is 0 Å². The fourth-order valence-electron chi connectivity index (χ4n) is 3.94. The summed E-state index contributed by atoms with van der Waals surface area (Å²) in [4.78, 5) is 2.63. The van der Waals surface area contributed by atoms with Gasteiger partial charge in [0.25, 0.3) is 0 Å². The summed E-state index contributed by atoms with van der Waals surface area (Å²) in [6.07, 6.45) is 10.3. The molecule has 106 valence electrons. The van der Waals surface area contributed by atoms with Crippen LogP contribution >= 0.6 is 0 Å². The lowest BCUT2D eigenvalue weighted by Gasteiger charge is -2.40. The largest absolute Gasteiger partial charge is 0.393 e. The predicted octanol–water partition coefficient (Wildman–Crippen LogP) is 3.44. The molecule has 18 heavy (non-hydrogen) atoms. The Morgan fingerprint density at radius 1 is 1.17 bits per heavy atom. The van der Waals surface area contributed by atoms with Crippen LogP contribution in [0.3, 0.4) is 0 Å². The van der Waals surface area contributed by atoms with Crippen LogP contribution in [0.25, 0.3) is 0 Å². The lowest BCUT2D eigenvalue weighted by Crippen LogP contribution is -2.44. The zero-order valence-electron chi connectivity index (χ0n) is 12.3. The minimum atomic E-state index is -0.0350. The second-order valence-electron chi connectivity index (χ2n) is 6.63. The Kier molecular flexibility index (Phi) is 5.50. The molecule has 2 nitrogen and oxygen atoms in total. The van der Waals surface area contributed by atoms with Gasteiger partial charge in [0.2, 0.25) is 0 Å². The van der Waals surface area contributed by atoms with Crippen molar-refractivity contribution in [2.75, 3.05) is 13.1 Å². The SMILES string of the molecule is CCCC1CCC(O)C(CN2CCCCC2C)C1. The maximum Gasteiger partial charge on any atom is 0.0580 e. The van der Waals surface area contributed by atoms with Crippen molar-refractivity contribution in [2.24, 2.45) is 11.8 Å². The number of hydrogen-bond donors (Lipinski definition) is 1. The molecule has 1 saturated carbocycles. The van der Waals surface area contributed by atoms with Crippen LogP contribution in [0.5, 0.6) is 0 Å². The first-order chi connectivity index (χ1) is 8.70. The second kappa shape index (κ2) is 6.91. The lowest BCUT2D eigenvalue weighted by atomic mass is 9.77. The van der Waals surface area contributed by atoms with Gasteiger partial charge in [-0.3, -0.25) is 0 Å². The number of hydrogen-bond acceptors (Lipinski definition) is 2. The summed E-state index contributed by atoms with van der Waals surface area (Å²) in [7, 11) is 0. The first kappa shape index (κ1) is 14.3. The van der Waals surface area contributed by atoms with Crippen LogP contribution in [0, 0.1) is 11.8 Å². The van der Waals surface area contributed by atoms with Gasteiger partial charge in [0, 0.05) is 12.6 Å². The average Bonchev–Trinajstić information content (AvgIpc) is 2.36. The van der Waals surface area contributed by atoms with Gasteiger partial charge in [-0.2, -0.15) is 0 Å². The van der Waals surface area contributed by atoms with Gasteiger partial charge in [0.1, 0.15) is 0 Å². The van der Waals surface area contributed by atoms with Crippen molar-refractivity contribution in [1.29, 1.82) is 0 Å². The highest BCUT2D eigenvalue weighted by Crippen LogP contribution is 2.33. The van der Waals surface area contributed by atoms with Crippen LogP contribution < -0.4 is 0 Å². The van der Waals surface area contributed by atoms with E-state index in [1.54, 1.807) is 0 Å². The van der Waals surface area contributed by atoms with Gasteiger partial charge in [-0.1, -0.05) is 26.2 Å². The van der Waals surface area contributed by atoms with Crippen molar-refractivity contribution in [3.05, 3.63) is 0 Å². The molecule has 4 atom stereocenters. The van der Waals surface area contributed by atoms with Crippen LogP contribution in [0.1, 0.15) is 65.2 Å². The Labute approximate surface area is 113 Å². The highest BCUT2D eigenvalue weighted by atomic mass is 16.3. The molecule has 1 saturated heterocycles. The first-order valence-corrected chi connectivity index (χ1v) is 8.12. The molecule has 0 radical (unpaired) electrons. The summed E-state index contributed by atoms with van der Waals surface area (Å²) >= 11 is 0. The fraction of sp³-hybridized carbons (Fsp3) is 1.00. The van der Waals surface area contributed by atoms with Crippen LogP contribution in [0.4, 0.5) is 0 Å². The maximum absolute atomic E-state index is 10.2. The Morgan fingerprint density at radius 3 is 2.72 bits per heavy atom. The van der Waals surface area contributed by atoms with E-state index in [2.05, 4.69) is 18.7 Å². The van der Waals surface area contributed by atoms with E-state index < -0.39 is 0 Å². The van der Waals surface area contributed by atoms with E-state index >= 15 is 0 Å². The Hall–Kier alpha value is -0.0800. The van der Waals surface area contributed by atoms with Crippen LogP contribution in [0.15, 0.2) is 0 Å². The van der Waals surface area contributed by atoms with Gasteiger partial charge in [-0.05, 0) is 57.4 Å². The van der Waals surface area contributed by atoms with Gasteiger partial charge < -0.3 is 10.0 Å². The van der Waals surface area contributed by atoms with Crippen molar-refractivity contribution in [2.45, 2.75) is 77.4 Å². The van der Waals surface area contributed by atoms with E-state index in [9.17, 15) is 5.11 Å². The summed E-state index contributed by atoms with van der Waals surface area (Å²) in [6, 6.07) is 0.734. The molecule has 0 bridgehead atoms. The molecule has 0 amide bonds. The van der Waals surface area contributed by atoms with Crippen molar-refractivity contribution in [1.82, 2.24) is 4.90 Å². The van der Waals surface area contributed by atoms with Crippen molar-refractivity contribution >= 4 is 0 Å². The quantitative estimate of drug-likeness (QED) is 0.829. The smallest absolute Gasteiger partial charge is 0.0580 e. The van der Waals surface area contributed by atoms with E-state index in [1.165, 1.54) is 51.5 Å². The molecular formula is C16H31NO. The lowest BCUT2D eigenvalue weighted by molar-refractivity contribution is 0.0128. The van der Waals surface area contributed by atoms with Crippen LogP contribution in [-0.2, 0) is 0 Å². The highest BCUT2D eigenvalue weighted by Gasteiger charge is 2.31. The molecule has 0 aromatic rings. The van der Waals surface area contributed by atoms with E-state index in [0.717, 1.165) is 24.9 Å². The Balaban J connectivity index is 1.85. The normalized spacial score (nSPS) is 38.8. The number of aliphatic hydroxyl groups excluding tert-OH is 1. The molecule has 2 fully saturated rings. The molecule has 2 rings (SSSR count). The predicted molar refractivity (Wildman–Crippen MR) is 76.6 cm³/mol. The number of rotatable bonds is 4. The van der Waals surface area contributed by atoms with Crippen molar-refractivity contribution in [3.8, 4) is 0 Å². The van der Waals surface area contributed by atoms with E-state index in [-0.39, 0.29) is 6.10 Å². The topological polar surface area (TPSA) is 23.5 Å². The van der Waals surface area contributed by atoms with E-state index in [0.29, 0.717) is 5.92 Å². The Bertz CT molecular complexity index is 243. The van der Waals surface area contributed by atoms with Crippen molar-refractivity contribution in [3.63, 3.8) is 0 Å². The monoisotopic (exact) mass is 253 g/mol. The first-order valence-electron chi connectivity index (χ1n) is 8.12. The van der Waals surface area contributed by atoms with Crippen LogP contribution in [0.2, 0.25) is 0 Å². The molecule has 2 heteroatoms. The maximum atomic E-state index is 10.2. The third-order valence-electron chi connectivity index (χ3n) is 5.16. The fourth-order valence-corrected chi connectivity index (χ4v) is 3.94. The minimum absolute atomic E-state index is 0.0350. The summed E-state index contributed by atoms with van der Waals surface area (Å²) in [6.45, 7) is 7.04. The molecular weight excluding hydrogens is 222 g/mol. The third-order valence-corrected chi connectivity index (χ3v) is 5.16. The van der Waals surface area contributed by atoms with Gasteiger partial charge in [-0.25, -0.2) is 0 Å². The molecule has 0 aromatic heterocycles. The molecule has 1 N–H and O–H groups in total. The zero-order chi connectivity index (χ0) is 13.0. The average molecular weight is 253 g/mol. The highest BCUT2D eigenvalue weighted by molar-refractivity contribution is 4.84. The summed E-state index contributed by atoms with van der Waals surface area (Å²) in [5, 5.41) is 10.2. The molecule has 1 heterocycles. The van der Waals surface area contributed by atoms with Gasteiger partial charge in [0.05, 0.1) is 6.10 Å². The summed E-state index contributed by atoms with van der Waals surface area (Å²) in [5.41, 5.74) is 0. The molecule has 1 aliphatic heterocycles. The zero-order valence-corrected chi connectivity index (χ0v) is 12.3. The standard InChI is InChI=1S/C16H31NO/c1-3-6-14-8-9-16(18)15(11-14)12-17-10-5-4-7-13(17)2/h13-16,18H,3-12H2,1-2H3. The third kappa shape index (κ3) is 3.71.